The Labute approximate surface area is 491 Å². The van der Waals surface area contributed by atoms with E-state index in [1.807, 2.05) is 0 Å². The van der Waals surface area contributed by atoms with Gasteiger partial charge in [-0.25, -0.2) is 0 Å². The molecular weight excluding hydrogens is 973 g/mol. The molecule has 0 aliphatic carbocycles. The van der Waals surface area contributed by atoms with Gasteiger partial charge in [-0.1, -0.05) is 345 Å². The quantitative estimate of drug-likeness (QED) is 0.0261. The molecular formula is C73H132O6. The number of allylic oxidation sites excluding steroid dienone is 10. The van der Waals surface area contributed by atoms with Gasteiger partial charge in [0.15, 0.2) is 6.10 Å². The third kappa shape index (κ3) is 65.8. The van der Waals surface area contributed by atoms with Crippen molar-refractivity contribution >= 4 is 17.9 Å². The zero-order valence-electron chi connectivity index (χ0n) is 52.9. The molecule has 0 radical (unpaired) electrons. The van der Waals surface area contributed by atoms with Gasteiger partial charge in [0, 0.05) is 19.3 Å². The molecule has 0 aromatic heterocycles. The van der Waals surface area contributed by atoms with Gasteiger partial charge in [0.25, 0.3) is 0 Å². The Balaban J connectivity index is 4.03. The van der Waals surface area contributed by atoms with E-state index in [1.54, 1.807) is 0 Å². The van der Waals surface area contributed by atoms with Gasteiger partial charge < -0.3 is 14.2 Å². The van der Waals surface area contributed by atoms with Crippen LogP contribution in [0.2, 0.25) is 0 Å². The molecule has 0 rings (SSSR count). The lowest BCUT2D eigenvalue weighted by atomic mass is 10.0. The monoisotopic (exact) mass is 1110 g/mol. The fraction of sp³-hybridized carbons (Fsp3) is 0.822. The highest BCUT2D eigenvalue weighted by Gasteiger charge is 2.19. The van der Waals surface area contributed by atoms with Gasteiger partial charge in [0.1, 0.15) is 13.2 Å². The standard InChI is InChI=1S/C73H132O6/c1-4-7-10-13-16-19-21-23-25-27-29-31-32-33-34-35-36-37-38-39-40-41-42-43-45-46-48-50-52-54-57-60-63-66-72(75)78-69-70(68-77-71(74)65-62-59-56-18-15-12-9-6-3)79-73(76)67-64-61-58-55-53-51-49-47-44-30-28-26-24-22-20-17-14-11-8-5-2/h7,10,16,19,23,25,29,31,33-34,70H,4-6,8-9,11-15,17-18,20-22,24,26-28,30,32,35-69H2,1-3H3/b10-7-,19-16-,25-23-,31-29-,34-33-. The molecule has 0 fully saturated rings. The molecule has 460 valence electrons. The van der Waals surface area contributed by atoms with Crippen molar-refractivity contribution in [3.63, 3.8) is 0 Å². The molecule has 6 nitrogen and oxygen atoms in total. The summed E-state index contributed by atoms with van der Waals surface area (Å²) in [5.41, 5.74) is 0. The van der Waals surface area contributed by atoms with Gasteiger partial charge in [0.05, 0.1) is 0 Å². The van der Waals surface area contributed by atoms with E-state index in [0.29, 0.717) is 19.3 Å². The summed E-state index contributed by atoms with van der Waals surface area (Å²) in [4.78, 5) is 38.2. The summed E-state index contributed by atoms with van der Waals surface area (Å²) >= 11 is 0. The predicted octanol–water partition coefficient (Wildman–Crippen LogP) is 23.9. The van der Waals surface area contributed by atoms with Crippen LogP contribution in [0.25, 0.3) is 0 Å². The molecule has 0 aromatic rings. The first kappa shape index (κ1) is 76.1. The summed E-state index contributed by atoms with van der Waals surface area (Å²) in [5, 5.41) is 0. The maximum atomic E-state index is 12.9. The van der Waals surface area contributed by atoms with Gasteiger partial charge in [-0.15, -0.1) is 0 Å². The van der Waals surface area contributed by atoms with Gasteiger partial charge in [-0.2, -0.15) is 0 Å². The van der Waals surface area contributed by atoms with Crippen molar-refractivity contribution in [2.45, 2.75) is 374 Å². The number of carbonyl (C=O) groups is 3. The summed E-state index contributed by atoms with van der Waals surface area (Å²) in [6, 6.07) is 0. The SMILES string of the molecule is CC/C=C\C/C=C\C/C=C\C/C=C\C/C=C\CCCCCCCCCCCCCCCCCCCC(=O)OCC(COC(=O)CCCCCCCCCC)OC(=O)CCCCCCCCCCCCCCCCCCCCCC. The summed E-state index contributed by atoms with van der Waals surface area (Å²) < 4.78 is 16.9. The maximum Gasteiger partial charge on any atom is 0.306 e. The smallest absolute Gasteiger partial charge is 0.306 e. The molecule has 6 heteroatoms. The maximum absolute atomic E-state index is 12.9. The minimum Gasteiger partial charge on any atom is -0.462 e. The Morgan fingerprint density at radius 2 is 0.494 bits per heavy atom. The Kier molecular flexibility index (Phi) is 65.1. The molecule has 1 unspecified atom stereocenters. The second kappa shape index (κ2) is 67.6. The molecule has 0 N–H and O–H groups in total. The molecule has 0 saturated heterocycles. The number of esters is 3. The molecule has 1 atom stereocenters. The minimum atomic E-state index is -0.768. The molecule has 0 aliphatic rings. The minimum absolute atomic E-state index is 0.0670. The topological polar surface area (TPSA) is 78.9 Å². The van der Waals surface area contributed by atoms with Crippen LogP contribution in [0.4, 0.5) is 0 Å². The van der Waals surface area contributed by atoms with Gasteiger partial charge in [-0.05, 0) is 64.2 Å². The first-order valence-corrected chi connectivity index (χ1v) is 34.8. The fourth-order valence-corrected chi connectivity index (χ4v) is 10.4. The highest BCUT2D eigenvalue weighted by molar-refractivity contribution is 5.71. The van der Waals surface area contributed by atoms with Crippen LogP contribution >= 0.6 is 0 Å². The molecule has 0 aliphatic heterocycles. The van der Waals surface area contributed by atoms with E-state index in [-0.39, 0.29) is 31.1 Å². The lowest BCUT2D eigenvalue weighted by Crippen LogP contribution is -2.30. The summed E-state index contributed by atoms with van der Waals surface area (Å²) in [7, 11) is 0. The number of hydrogen-bond acceptors (Lipinski definition) is 6. The Morgan fingerprint density at radius 3 is 0.772 bits per heavy atom. The van der Waals surface area contributed by atoms with Crippen molar-refractivity contribution in [2.24, 2.45) is 0 Å². The van der Waals surface area contributed by atoms with Crippen molar-refractivity contribution in [1.29, 1.82) is 0 Å². The molecule has 0 amide bonds. The zero-order valence-corrected chi connectivity index (χ0v) is 52.9. The van der Waals surface area contributed by atoms with E-state index in [2.05, 4.69) is 81.5 Å². The lowest BCUT2D eigenvalue weighted by Gasteiger charge is -2.18. The average Bonchev–Trinajstić information content (AvgIpc) is 3.45. The summed E-state index contributed by atoms with van der Waals surface area (Å²) in [6.07, 6.45) is 87.0. The zero-order chi connectivity index (χ0) is 57.1. The van der Waals surface area contributed by atoms with E-state index in [9.17, 15) is 14.4 Å². The summed E-state index contributed by atoms with van der Waals surface area (Å²) in [5.74, 6) is -0.846. The van der Waals surface area contributed by atoms with Crippen LogP contribution in [0, 0.1) is 0 Å². The van der Waals surface area contributed by atoms with Crippen LogP contribution < -0.4 is 0 Å². The predicted molar refractivity (Wildman–Crippen MR) is 344 cm³/mol. The summed E-state index contributed by atoms with van der Waals surface area (Å²) in [6.45, 7) is 6.56. The highest BCUT2D eigenvalue weighted by atomic mass is 16.6. The van der Waals surface area contributed by atoms with Gasteiger partial charge >= 0.3 is 17.9 Å². The Hall–Kier alpha value is -2.89. The van der Waals surface area contributed by atoms with Crippen LogP contribution in [-0.2, 0) is 28.6 Å². The third-order valence-corrected chi connectivity index (χ3v) is 15.5. The number of ether oxygens (including phenoxy) is 3. The van der Waals surface area contributed by atoms with Gasteiger partial charge in [-0.3, -0.25) is 14.4 Å². The molecule has 0 bridgehead atoms. The number of hydrogen-bond donors (Lipinski definition) is 0. The van der Waals surface area contributed by atoms with E-state index < -0.39 is 6.10 Å². The molecule has 0 aromatic carbocycles. The van der Waals surface area contributed by atoms with Crippen molar-refractivity contribution in [3.8, 4) is 0 Å². The Bertz CT molecular complexity index is 1410. The number of carbonyl (C=O) groups excluding carboxylic acids is 3. The highest BCUT2D eigenvalue weighted by Crippen LogP contribution is 2.18. The lowest BCUT2D eigenvalue weighted by molar-refractivity contribution is -0.167. The first-order chi connectivity index (χ1) is 39.0. The Morgan fingerprint density at radius 1 is 0.266 bits per heavy atom. The van der Waals surface area contributed by atoms with Crippen LogP contribution in [0.1, 0.15) is 367 Å². The second-order valence-electron chi connectivity index (χ2n) is 23.4. The van der Waals surface area contributed by atoms with E-state index in [1.165, 1.54) is 238 Å². The van der Waals surface area contributed by atoms with Crippen molar-refractivity contribution in [3.05, 3.63) is 60.8 Å². The number of rotatable bonds is 64. The van der Waals surface area contributed by atoms with Crippen LogP contribution in [0.15, 0.2) is 60.8 Å². The van der Waals surface area contributed by atoms with Crippen molar-refractivity contribution in [2.75, 3.05) is 13.2 Å². The molecule has 0 heterocycles. The van der Waals surface area contributed by atoms with E-state index in [4.69, 9.17) is 14.2 Å². The van der Waals surface area contributed by atoms with Crippen LogP contribution in [-0.4, -0.2) is 37.2 Å². The molecule has 0 spiro atoms. The first-order valence-electron chi connectivity index (χ1n) is 34.8. The van der Waals surface area contributed by atoms with Crippen molar-refractivity contribution in [1.82, 2.24) is 0 Å². The van der Waals surface area contributed by atoms with Gasteiger partial charge in [0.2, 0.25) is 0 Å². The number of unbranched alkanes of at least 4 members (excludes halogenated alkanes) is 43. The fourth-order valence-electron chi connectivity index (χ4n) is 10.4. The molecule has 79 heavy (non-hydrogen) atoms. The average molecular weight is 1110 g/mol. The van der Waals surface area contributed by atoms with Crippen LogP contribution in [0.3, 0.4) is 0 Å². The van der Waals surface area contributed by atoms with E-state index >= 15 is 0 Å². The van der Waals surface area contributed by atoms with Crippen molar-refractivity contribution < 1.29 is 28.6 Å². The largest absolute Gasteiger partial charge is 0.462 e. The molecule has 0 saturated carbocycles. The van der Waals surface area contributed by atoms with E-state index in [0.717, 1.165) is 89.9 Å². The third-order valence-electron chi connectivity index (χ3n) is 15.5. The van der Waals surface area contributed by atoms with Crippen LogP contribution in [0.5, 0.6) is 0 Å². The second-order valence-corrected chi connectivity index (χ2v) is 23.4. The normalized spacial score (nSPS) is 12.4.